The number of aliphatic hydroxyl groups is 1. The Kier molecular flexibility index (Phi) is 4.90. The summed E-state index contributed by atoms with van der Waals surface area (Å²) in [6.45, 7) is 5.23. The van der Waals surface area contributed by atoms with E-state index in [-0.39, 0.29) is 6.10 Å². The molecule has 0 amide bonds. The highest BCUT2D eigenvalue weighted by Gasteiger charge is 2.27. The minimum absolute atomic E-state index is 0.145. The Balaban J connectivity index is 2.28. The van der Waals surface area contributed by atoms with Crippen LogP contribution in [-0.2, 0) is 0 Å². The zero-order valence-electron chi connectivity index (χ0n) is 9.58. The predicted molar refractivity (Wildman–Crippen MR) is 60.0 cm³/mol. The molecule has 1 saturated carbocycles. The van der Waals surface area contributed by atoms with E-state index in [4.69, 9.17) is 5.73 Å². The second-order valence-electron chi connectivity index (χ2n) is 5.06. The maximum atomic E-state index is 9.82. The first kappa shape index (κ1) is 12.0. The molecule has 14 heavy (non-hydrogen) atoms. The Morgan fingerprint density at radius 1 is 1.14 bits per heavy atom. The minimum Gasteiger partial charge on any atom is -0.393 e. The smallest absolute Gasteiger partial charge is 0.0580 e. The summed E-state index contributed by atoms with van der Waals surface area (Å²) in [5.74, 6) is 2.22. The van der Waals surface area contributed by atoms with Gasteiger partial charge in [-0.15, -0.1) is 0 Å². The molecule has 1 fully saturated rings. The van der Waals surface area contributed by atoms with Gasteiger partial charge in [0.05, 0.1) is 6.10 Å². The Bertz CT molecular complexity index is 150. The van der Waals surface area contributed by atoms with Crippen LogP contribution in [0.2, 0.25) is 0 Å². The van der Waals surface area contributed by atoms with Gasteiger partial charge in [-0.1, -0.05) is 13.8 Å². The van der Waals surface area contributed by atoms with Crippen molar-refractivity contribution in [1.29, 1.82) is 0 Å². The highest BCUT2D eigenvalue weighted by molar-refractivity contribution is 4.78. The summed E-state index contributed by atoms with van der Waals surface area (Å²) in [6, 6.07) is 0. The number of nitrogens with two attached hydrogens (primary N) is 1. The Morgan fingerprint density at radius 2 is 1.64 bits per heavy atom. The van der Waals surface area contributed by atoms with Crippen LogP contribution in [0.1, 0.15) is 46.0 Å². The average Bonchev–Trinajstić information content (AvgIpc) is 2.18. The van der Waals surface area contributed by atoms with Crippen molar-refractivity contribution in [1.82, 2.24) is 0 Å². The van der Waals surface area contributed by atoms with E-state index in [0.29, 0.717) is 12.5 Å². The van der Waals surface area contributed by atoms with Gasteiger partial charge < -0.3 is 10.8 Å². The van der Waals surface area contributed by atoms with Crippen LogP contribution in [0.5, 0.6) is 0 Å². The predicted octanol–water partition coefficient (Wildman–Crippen LogP) is 2.16. The van der Waals surface area contributed by atoms with Crippen molar-refractivity contribution < 1.29 is 5.11 Å². The van der Waals surface area contributed by atoms with Gasteiger partial charge in [-0.3, -0.25) is 0 Å². The van der Waals surface area contributed by atoms with Gasteiger partial charge in [0.25, 0.3) is 0 Å². The molecular weight excluding hydrogens is 174 g/mol. The second kappa shape index (κ2) is 5.72. The van der Waals surface area contributed by atoms with Crippen LogP contribution in [0, 0.1) is 17.8 Å². The van der Waals surface area contributed by atoms with Crippen molar-refractivity contribution >= 4 is 0 Å². The average molecular weight is 199 g/mol. The SMILES string of the molecule is CC(C)C1CCC(C(O)CCN)CC1. The Hall–Kier alpha value is -0.0800. The molecule has 0 aromatic carbocycles. The van der Waals surface area contributed by atoms with Crippen LogP contribution in [0.4, 0.5) is 0 Å². The Labute approximate surface area is 87.9 Å². The van der Waals surface area contributed by atoms with Crippen molar-refractivity contribution in [3.63, 3.8) is 0 Å². The molecule has 1 rings (SSSR count). The summed E-state index contributed by atoms with van der Waals surface area (Å²) in [6.07, 6.45) is 5.62. The molecule has 0 bridgehead atoms. The number of hydrogen-bond donors (Lipinski definition) is 2. The van der Waals surface area contributed by atoms with Crippen LogP contribution in [0.15, 0.2) is 0 Å². The van der Waals surface area contributed by atoms with Crippen LogP contribution in [0.3, 0.4) is 0 Å². The molecule has 0 aromatic heterocycles. The van der Waals surface area contributed by atoms with Gasteiger partial charge in [0, 0.05) is 0 Å². The minimum atomic E-state index is -0.145. The third-order valence-corrected chi connectivity index (χ3v) is 3.77. The van der Waals surface area contributed by atoms with Crippen LogP contribution < -0.4 is 5.73 Å². The molecule has 3 N–H and O–H groups in total. The van der Waals surface area contributed by atoms with E-state index in [9.17, 15) is 5.11 Å². The van der Waals surface area contributed by atoms with Crippen LogP contribution >= 0.6 is 0 Å². The lowest BCUT2D eigenvalue weighted by Gasteiger charge is -2.33. The van der Waals surface area contributed by atoms with Crippen molar-refractivity contribution in [2.24, 2.45) is 23.5 Å². The summed E-state index contributed by atoms with van der Waals surface area (Å²) in [5.41, 5.74) is 5.45. The first-order valence-electron chi connectivity index (χ1n) is 6.03. The fourth-order valence-electron chi connectivity index (χ4n) is 2.60. The lowest BCUT2D eigenvalue weighted by Crippen LogP contribution is -2.28. The lowest BCUT2D eigenvalue weighted by atomic mass is 9.75. The number of hydrogen-bond acceptors (Lipinski definition) is 2. The number of aliphatic hydroxyl groups excluding tert-OH is 1. The molecule has 0 aliphatic heterocycles. The third kappa shape index (κ3) is 3.25. The van der Waals surface area contributed by atoms with Crippen molar-refractivity contribution in [2.45, 2.75) is 52.1 Å². The molecule has 1 aliphatic rings. The molecular formula is C12H25NO. The van der Waals surface area contributed by atoms with E-state index in [0.717, 1.165) is 18.3 Å². The molecule has 0 aromatic rings. The zero-order valence-corrected chi connectivity index (χ0v) is 9.58. The van der Waals surface area contributed by atoms with Gasteiger partial charge in [0.1, 0.15) is 0 Å². The van der Waals surface area contributed by atoms with Gasteiger partial charge in [0.15, 0.2) is 0 Å². The quantitative estimate of drug-likeness (QED) is 0.729. The van der Waals surface area contributed by atoms with Gasteiger partial charge in [0.2, 0.25) is 0 Å². The molecule has 1 aliphatic carbocycles. The normalized spacial score (nSPS) is 30.6. The maximum absolute atomic E-state index is 9.82. The van der Waals surface area contributed by atoms with Gasteiger partial charge in [-0.05, 0) is 56.4 Å². The summed E-state index contributed by atoms with van der Waals surface area (Å²) >= 11 is 0. The molecule has 2 heteroatoms. The van der Waals surface area contributed by atoms with Gasteiger partial charge >= 0.3 is 0 Å². The molecule has 84 valence electrons. The number of rotatable bonds is 4. The van der Waals surface area contributed by atoms with Crippen molar-refractivity contribution in [3.8, 4) is 0 Å². The fourth-order valence-corrected chi connectivity index (χ4v) is 2.60. The largest absolute Gasteiger partial charge is 0.393 e. The second-order valence-corrected chi connectivity index (χ2v) is 5.06. The summed E-state index contributed by atoms with van der Waals surface area (Å²) in [5, 5.41) is 9.82. The molecule has 1 atom stereocenters. The molecule has 0 heterocycles. The molecule has 0 radical (unpaired) electrons. The van der Waals surface area contributed by atoms with E-state index in [2.05, 4.69) is 13.8 Å². The maximum Gasteiger partial charge on any atom is 0.0580 e. The first-order chi connectivity index (χ1) is 6.65. The zero-order chi connectivity index (χ0) is 10.6. The van der Waals surface area contributed by atoms with E-state index < -0.39 is 0 Å². The topological polar surface area (TPSA) is 46.2 Å². The highest BCUT2D eigenvalue weighted by Crippen LogP contribution is 2.35. The highest BCUT2D eigenvalue weighted by atomic mass is 16.3. The first-order valence-corrected chi connectivity index (χ1v) is 6.03. The summed E-state index contributed by atoms with van der Waals surface area (Å²) in [4.78, 5) is 0. The van der Waals surface area contributed by atoms with Gasteiger partial charge in [-0.25, -0.2) is 0 Å². The fraction of sp³-hybridized carbons (Fsp3) is 1.00. The third-order valence-electron chi connectivity index (χ3n) is 3.77. The molecule has 1 unspecified atom stereocenters. The Morgan fingerprint density at radius 3 is 2.07 bits per heavy atom. The summed E-state index contributed by atoms with van der Waals surface area (Å²) < 4.78 is 0. The van der Waals surface area contributed by atoms with E-state index in [1.165, 1.54) is 25.7 Å². The van der Waals surface area contributed by atoms with Crippen LogP contribution in [-0.4, -0.2) is 17.8 Å². The standard InChI is InChI=1S/C12H25NO/c1-9(2)10-3-5-11(6-4-10)12(14)7-8-13/h9-12,14H,3-8,13H2,1-2H3. The van der Waals surface area contributed by atoms with Crippen LogP contribution in [0.25, 0.3) is 0 Å². The van der Waals surface area contributed by atoms with E-state index in [1.807, 2.05) is 0 Å². The molecule has 2 nitrogen and oxygen atoms in total. The lowest BCUT2D eigenvalue weighted by molar-refractivity contribution is 0.0627. The monoisotopic (exact) mass is 199 g/mol. The molecule has 0 saturated heterocycles. The van der Waals surface area contributed by atoms with E-state index in [1.54, 1.807) is 0 Å². The van der Waals surface area contributed by atoms with Crippen molar-refractivity contribution in [2.75, 3.05) is 6.54 Å². The molecule has 0 spiro atoms. The van der Waals surface area contributed by atoms with Gasteiger partial charge in [-0.2, -0.15) is 0 Å². The summed E-state index contributed by atoms with van der Waals surface area (Å²) in [7, 11) is 0. The van der Waals surface area contributed by atoms with E-state index >= 15 is 0 Å². The van der Waals surface area contributed by atoms with Crippen molar-refractivity contribution in [3.05, 3.63) is 0 Å².